The fourth-order valence-corrected chi connectivity index (χ4v) is 2.14. The number of rotatable bonds is 7. The molecule has 1 aromatic carbocycles. The number of para-hydroxylation sites is 2. The number of benzene rings is 1. The molecule has 0 unspecified atom stereocenters. The minimum Gasteiger partial charge on any atom is -0.490 e. The molecule has 0 aliphatic rings. The normalized spacial score (nSPS) is 13.2. The van der Waals surface area contributed by atoms with Gasteiger partial charge in [0, 0.05) is 6.54 Å². The highest BCUT2D eigenvalue weighted by atomic mass is 32.2. The first-order chi connectivity index (χ1) is 8.41. The van der Waals surface area contributed by atoms with Crippen LogP contribution in [-0.2, 0) is 10.0 Å². The van der Waals surface area contributed by atoms with Crippen molar-refractivity contribution in [2.45, 2.75) is 13.0 Å². The predicted octanol–water partition coefficient (Wildman–Crippen LogP) is -0.0522. The Morgan fingerprint density at radius 1 is 1.44 bits per heavy atom. The van der Waals surface area contributed by atoms with E-state index < -0.39 is 16.1 Å². The fourth-order valence-electron chi connectivity index (χ4n) is 1.19. The zero-order valence-corrected chi connectivity index (χ0v) is 11.0. The van der Waals surface area contributed by atoms with Gasteiger partial charge in [-0.2, -0.15) is 0 Å². The van der Waals surface area contributed by atoms with Crippen LogP contribution in [0.3, 0.4) is 0 Å². The Hall–Kier alpha value is -1.31. The summed E-state index contributed by atoms with van der Waals surface area (Å²) < 4.78 is 30.5. The van der Waals surface area contributed by atoms with Gasteiger partial charge in [-0.3, -0.25) is 0 Å². The maximum atomic E-state index is 11.5. The molecule has 0 saturated carbocycles. The highest BCUT2D eigenvalue weighted by molar-refractivity contribution is 7.89. The molecule has 0 saturated heterocycles. The van der Waals surface area contributed by atoms with Crippen LogP contribution in [0.4, 0.5) is 5.69 Å². The van der Waals surface area contributed by atoms with Gasteiger partial charge < -0.3 is 15.6 Å². The monoisotopic (exact) mass is 274 g/mol. The Morgan fingerprint density at radius 3 is 2.72 bits per heavy atom. The molecule has 18 heavy (non-hydrogen) atoms. The summed E-state index contributed by atoms with van der Waals surface area (Å²) >= 11 is 0. The van der Waals surface area contributed by atoms with Crippen LogP contribution in [0, 0.1) is 0 Å². The van der Waals surface area contributed by atoms with Crippen LogP contribution in [0.15, 0.2) is 24.3 Å². The second kappa shape index (κ2) is 6.58. The van der Waals surface area contributed by atoms with E-state index >= 15 is 0 Å². The Balaban J connectivity index is 2.40. The van der Waals surface area contributed by atoms with Gasteiger partial charge in [-0.15, -0.1) is 0 Å². The van der Waals surface area contributed by atoms with Crippen LogP contribution >= 0.6 is 0 Å². The molecular weight excluding hydrogens is 256 g/mol. The molecule has 0 aromatic heterocycles. The van der Waals surface area contributed by atoms with Crippen molar-refractivity contribution in [1.82, 2.24) is 4.72 Å². The van der Waals surface area contributed by atoms with Crippen molar-refractivity contribution in [2.24, 2.45) is 0 Å². The Labute approximate surface area is 107 Å². The first-order valence-electron chi connectivity index (χ1n) is 5.53. The number of anilines is 1. The molecule has 0 spiro atoms. The van der Waals surface area contributed by atoms with Gasteiger partial charge >= 0.3 is 0 Å². The van der Waals surface area contributed by atoms with Gasteiger partial charge in [0.25, 0.3) is 0 Å². The molecule has 0 amide bonds. The summed E-state index contributed by atoms with van der Waals surface area (Å²) in [4.78, 5) is 0. The predicted molar refractivity (Wildman–Crippen MR) is 69.8 cm³/mol. The zero-order valence-electron chi connectivity index (χ0n) is 10.2. The van der Waals surface area contributed by atoms with E-state index in [1.165, 1.54) is 6.92 Å². The van der Waals surface area contributed by atoms with Crippen LogP contribution in [0.2, 0.25) is 0 Å². The Bertz CT molecular complexity index is 474. The summed E-state index contributed by atoms with van der Waals surface area (Å²) in [5, 5.41) is 8.98. The first kappa shape index (κ1) is 14.7. The summed E-state index contributed by atoms with van der Waals surface area (Å²) in [6, 6.07) is 6.87. The van der Waals surface area contributed by atoms with E-state index in [0.29, 0.717) is 11.4 Å². The van der Waals surface area contributed by atoms with E-state index in [4.69, 9.17) is 15.6 Å². The largest absolute Gasteiger partial charge is 0.490 e. The number of nitrogen functional groups attached to an aromatic ring is 1. The average molecular weight is 274 g/mol. The average Bonchev–Trinajstić information content (AvgIpc) is 2.29. The second-order valence-electron chi connectivity index (χ2n) is 3.90. The molecule has 0 fully saturated rings. The van der Waals surface area contributed by atoms with Crippen molar-refractivity contribution < 1.29 is 18.3 Å². The van der Waals surface area contributed by atoms with Crippen LogP contribution in [-0.4, -0.2) is 38.5 Å². The number of aliphatic hydroxyl groups is 1. The highest BCUT2D eigenvalue weighted by Gasteiger charge is 2.11. The summed E-state index contributed by atoms with van der Waals surface area (Å²) in [5.41, 5.74) is 6.11. The van der Waals surface area contributed by atoms with Crippen molar-refractivity contribution in [2.75, 3.05) is 24.6 Å². The van der Waals surface area contributed by atoms with E-state index in [9.17, 15) is 8.42 Å². The first-order valence-corrected chi connectivity index (χ1v) is 7.18. The van der Waals surface area contributed by atoms with E-state index in [1.807, 2.05) is 0 Å². The number of sulfonamides is 1. The Morgan fingerprint density at radius 2 is 2.11 bits per heavy atom. The van der Waals surface area contributed by atoms with Gasteiger partial charge in [0.1, 0.15) is 12.4 Å². The van der Waals surface area contributed by atoms with Gasteiger partial charge in [0.05, 0.1) is 17.5 Å². The molecule has 1 rings (SSSR count). The molecule has 6 nitrogen and oxygen atoms in total. The minimum atomic E-state index is -3.44. The lowest BCUT2D eigenvalue weighted by Gasteiger charge is -2.10. The van der Waals surface area contributed by atoms with Gasteiger partial charge in [-0.1, -0.05) is 12.1 Å². The molecule has 1 aromatic rings. The van der Waals surface area contributed by atoms with Gasteiger partial charge in [0.2, 0.25) is 10.0 Å². The topological polar surface area (TPSA) is 102 Å². The highest BCUT2D eigenvalue weighted by Crippen LogP contribution is 2.19. The fraction of sp³-hybridized carbons (Fsp3) is 0.455. The number of nitrogens with one attached hydrogen (secondary N) is 1. The number of nitrogens with two attached hydrogens (primary N) is 1. The van der Waals surface area contributed by atoms with Crippen molar-refractivity contribution >= 4 is 15.7 Å². The van der Waals surface area contributed by atoms with Crippen LogP contribution in [0.1, 0.15) is 6.92 Å². The maximum Gasteiger partial charge on any atom is 0.215 e. The lowest BCUT2D eigenvalue weighted by Crippen LogP contribution is -2.34. The van der Waals surface area contributed by atoms with Crippen LogP contribution in [0.25, 0.3) is 0 Å². The number of hydrogen-bond donors (Lipinski definition) is 3. The van der Waals surface area contributed by atoms with E-state index in [0.717, 1.165) is 0 Å². The lowest BCUT2D eigenvalue weighted by atomic mass is 10.3. The third-order valence-corrected chi connectivity index (χ3v) is 3.44. The second-order valence-corrected chi connectivity index (χ2v) is 5.83. The van der Waals surface area contributed by atoms with E-state index in [-0.39, 0.29) is 18.9 Å². The number of aliphatic hydroxyl groups excluding tert-OH is 1. The van der Waals surface area contributed by atoms with Crippen molar-refractivity contribution in [1.29, 1.82) is 0 Å². The summed E-state index contributed by atoms with van der Waals surface area (Å²) in [6.45, 7) is 1.50. The van der Waals surface area contributed by atoms with E-state index in [2.05, 4.69) is 4.72 Å². The third kappa shape index (κ3) is 5.35. The molecule has 0 bridgehead atoms. The zero-order chi connectivity index (χ0) is 13.6. The van der Waals surface area contributed by atoms with Gasteiger partial charge in [0.15, 0.2) is 0 Å². The van der Waals surface area contributed by atoms with Crippen LogP contribution in [0.5, 0.6) is 5.75 Å². The van der Waals surface area contributed by atoms with Crippen LogP contribution < -0.4 is 15.2 Å². The van der Waals surface area contributed by atoms with Crippen molar-refractivity contribution in [3.8, 4) is 5.75 Å². The summed E-state index contributed by atoms with van der Waals surface area (Å²) in [5.74, 6) is 0.275. The minimum absolute atomic E-state index is 0.00333. The third-order valence-electron chi connectivity index (χ3n) is 2.13. The van der Waals surface area contributed by atoms with E-state index in [1.54, 1.807) is 24.3 Å². The molecule has 0 aliphatic heterocycles. The van der Waals surface area contributed by atoms with Crippen molar-refractivity contribution in [3.05, 3.63) is 24.3 Å². The molecule has 4 N–H and O–H groups in total. The summed E-state index contributed by atoms with van der Waals surface area (Å²) in [7, 11) is -3.44. The molecule has 7 heteroatoms. The molecule has 1 atom stereocenters. The molecule has 102 valence electrons. The standard InChI is InChI=1S/C11H18N2O4S/c1-9(14)8-13-18(15,16)7-6-17-11-5-3-2-4-10(11)12/h2-5,9,13-14H,6-8,12H2,1H3/t9-/m1/s1. The molecule has 0 radical (unpaired) electrons. The Kier molecular flexibility index (Phi) is 5.39. The van der Waals surface area contributed by atoms with Gasteiger partial charge in [-0.05, 0) is 19.1 Å². The number of hydrogen-bond acceptors (Lipinski definition) is 5. The smallest absolute Gasteiger partial charge is 0.215 e. The number of ether oxygens (including phenoxy) is 1. The van der Waals surface area contributed by atoms with Gasteiger partial charge in [-0.25, -0.2) is 13.1 Å². The summed E-state index contributed by atoms with van der Waals surface area (Å²) in [6.07, 6.45) is -0.717. The van der Waals surface area contributed by atoms with Crippen molar-refractivity contribution in [3.63, 3.8) is 0 Å². The maximum absolute atomic E-state index is 11.5. The molecule has 0 aliphatic carbocycles. The lowest BCUT2D eigenvalue weighted by molar-refractivity contribution is 0.198. The molecular formula is C11H18N2O4S. The SMILES string of the molecule is C[C@@H](O)CNS(=O)(=O)CCOc1ccccc1N. The quantitative estimate of drug-likeness (QED) is 0.605. The molecule has 0 heterocycles.